The summed E-state index contributed by atoms with van der Waals surface area (Å²) in [6, 6.07) is 5.54. The third-order valence-electron chi connectivity index (χ3n) is 3.62. The van der Waals surface area contributed by atoms with Gasteiger partial charge in [0.15, 0.2) is 0 Å². The Hall–Kier alpha value is -2.56. The zero-order chi connectivity index (χ0) is 15.9. The molecule has 1 amide bonds. The Kier molecular flexibility index (Phi) is 3.28. The predicted molar refractivity (Wildman–Crippen MR) is 86.8 cm³/mol. The fourth-order valence-corrected chi connectivity index (χ4v) is 2.38. The summed E-state index contributed by atoms with van der Waals surface area (Å²) in [6.07, 6.45) is 3.57. The summed E-state index contributed by atoms with van der Waals surface area (Å²) in [5, 5.41) is 2.86. The number of imidazole rings is 1. The minimum Gasteiger partial charge on any atom is -0.497 e. The predicted octanol–water partition coefficient (Wildman–Crippen LogP) is 3.21. The van der Waals surface area contributed by atoms with E-state index in [1.54, 1.807) is 13.3 Å². The van der Waals surface area contributed by atoms with Crippen molar-refractivity contribution >= 4 is 23.2 Å². The lowest BCUT2D eigenvalue weighted by atomic mass is 9.96. The van der Waals surface area contributed by atoms with Gasteiger partial charge in [-0.25, -0.2) is 4.98 Å². The van der Waals surface area contributed by atoms with Crippen LogP contribution >= 0.6 is 0 Å². The van der Waals surface area contributed by atoms with Crippen molar-refractivity contribution < 1.29 is 9.53 Å². The minimum absolute atomic E-state index is 0.0597. The van der Waals surface area contributed by atoms with E-state index >= 15 is 0 Å². The molecule has 0 spiro atoms. The average Bonchev–Trinajstić information content (AvgIpc) is 3.04. The maximum absolute atomic E-state index is 12.2. The molecule has 0 bridgehead atoms. The van der Waals surface area contributed by atoms with E-state index in [1.807, 2.05) is 24.3 Å². The van der Waals surface area contributed by atoms with Crippen LogP contribution in [0.1, 0.15) is 37.9 Å². The summed E-state index contributed by atoms with van der Waals surface area (Å²) in [6.45, 7) is 6.27. The number of rotatable bonds is 2. The molecule has 0 saturated carbocycles. The van der Waals surface area contributed by atoms with E-state index in [-0.39, 0.29) is 11.3 Å². The van der Waals surface area contributed by atoms with E-state index < -0.39 is 0 Å². The number of nitrogens with zero attached hydrogens (tertiary/aromatic N) is 1. The van der Waals surface area contributed by atoms with Gasteiger partial charge < -0.3 is 15.0 Å². The normalized spacial score (nSPS) is 15.8. The van der Waals surface area contributed by atoms with Crippen LogP contribution in [0.2, 0.25) is 0 Å². The molecule has 22 heavy (non-hydrogen) atoms. The molecule has 1 aliphatic heterocycles. The van der Waals surface area contributed by atoms with Crippen molar-refractivity contribution in [2.45, 2.75) is 26.2 Å². The highest BCUT2D eigenvalue weighted by atomic mass is 16.5. The lowest BCUT2D eigenvalue weighted by Crippen LogP contribution is -2.13. The number of carbonyl (C=O) groups is 1. The average molecular weight is 297 g/mol. The van der Waals surface area contributed by atoms with Crippen LogP contribution in [0, 0.1) is 0 Å². The summed E-state index contributed by atoms with van der Waals surface area (Å²) >= 11 is 0. The summed E-state index contributed by atoms with van der Waals surface area (Å²) < 4.78 is 5.24. The second-order valence-electron chi connectivity index (χ2n) is 6.36. The summed E-state index contributed by atoms with van der Waals surface area (Å²) in [5.41, 5.74) is 3.00. The zero-order valence-electron chi connectivity index (χ0n) is 13.2. The van der Waals surface area contributed by atoms with Gasteiger partial charge in [0.25, 0.3) is 5.91 Å². The monoisotopic (exact) mass is 297 g/mol. The fourth-order valence-electron chi connectivity index (χ4n) is 2.38. The van der Waals surface area contributed by atoms with Gasteiger partial charge in [-0.2, -0.15) is 0 Å². The summed E-state index contributed by atoms with van der Waals surface area (Å²) in [5.74, 6) is 1.50. The number of anilines is 1. The summed E-state index contributed by atoms with van der Waals surface area (Å²) in [4.78, 5) is 19.8. The molecule has 1 aliphatic rings. The van der Waals surface area contributed by atoms with Crippen molar-refractivity contribution in [2.75, 3.05) is 12.4 Å². The number of hydrogen-bond donors (Lipinski definition) is 2. The van der Waals surface area contributed by atoms with Gasteiger partial charge in [0.1, 0.15) is 11.6 Å². The van der Waals surface area contributed by atoms with Crippen LogP contribution < -0.4 is 10.1 Å². The standard InChI is InChI=1S/C17H19N3O2/c1-17(2,3)16-18-9-10(19-16)7-13-12-8-11(22-4)5-6-14(12)20-15(13)21/h5-9H,1-4H3,(H,18,19)(H,20,21). The number of ether oxygens (including phenoxy) is 1. The number of benzene rings is 1. The second-order valence-corrected chi connectivity index (χ2v) is 6.36. The largest absolute Gasteiger partial charge is 0.497 e. The first-order valence-electron chi connectivity index (χ1n) is 7.15. The molecule has 2 aromatic rings. The van der Waals surface area contributed by atoms with E-state index in [2.05, 4.69) is 36.1 Å². The van der Waals surface area contributed by atoms with Gasteiger partial charge in [-0.3, -0.25) is 4.79 Å². The number of nitrogens with one attached hydrogen (secondary N) is 2. The van der Waals surface area contributed by atoms with Crippen molar-refractivity contribution in [3.8, 4) is 5.75 Å². The first-order chi connectivity index (χ1) is 10.4. The van der Waals surface area contributed by atoms with E-state index in [4.69, 9.17) is 4.74 Å². The Labute approximate surface area is 129 Å². The molecule has 2 N–H and O–H groups in total. The number of aromatic amines is 1. The van der Waals surface area contributed by atoms with Crippen molar-refractivity contribution in [3.63, 3.8) is 0 Å². The van der Waals surface area contributed by atoms with Gasteiger partial charge in [-0.15, -0.1) is 0 Å². The number of carbonyl (C=O) groups excluding carboxylic acids is 1. The van der Waals surface area contributed by atoms with Crippen LogP contribution in [0.5, 0.6) is 5.75 Å². The molecule has 1 aromatic heterocycles. The molecular weight excluding hydrogens is 278 g/mol. The second kappa shape index (κ2) is 5.02. The molecule has 0 aliphatic carbocycles. The van der Waals surface area contributed by atoms with Gasteiger partial charge in [0.05, 0.1) is 24.6 Å². The maximum Gasteiger partial charge on any atom is 0.256 e. The van der Waals surface area contributed by atoms with E-state index in [0.29, 0.717) is 5.57 Å². The van der Waals surface area contributed by atoms with Crippen molar-refractivity contribution in [3.05, 3.63) is 41.5 Å². The Morgan fingerprint density at radius 3 is 2.68 bits per heavy atom. The number of amides is 1. The number of methoxy groups -OCH3 is 1. The van der Waals surface area contributed by atoms with Crippen LogP contribution in [-0.2, 0) is 10.2 Å². The number of hydrogen-bond acceptors (Lipinski definition) is 3. The van der Waals surface area contributed by atoms with Gasteiger partial charge in [-0.1, -0.05) is 20.8 Å². The van der Waals surface area contributed by atoms with Gasteiger partial charge in [-0.05, 0) is 24.3 Å². The third-order valence-corrected chi connectivity index (χ3v) is 3.62. The first-order valence-corrected chi connectivity index (χ1v) is 7.15. The first kappa shape index (κ1) is 14.4. The Bertz CT molecular complexity index is 766. The number of fused-ring (bicyclic) bond motifs is 1. The molecule has 0 fully saturated rings. The topological polar surface area (TPSA) is 67.0 Å². The quantitative estimate of drug-likeness (QED) is 0.836. The highest BCUT2D eigenvalue weighted by Gasteiger charge is 2.25. The molecule has 5 heteroatoms. The lowest BCUT2D eigenvalue weighted by Gasteiger charge is -2.13. The molecular formula is C17H19N3O2. The van der Waals surface area contributed by atoms with Crippen LogP contribution in [0.3, 0.4) is 0 Å². The van der Waals surface area contributed by atoms with Gasteiger partial charge >= 0.3 is 0 Å². The van der Waals surface area contributed by atoms with Crippen molar-refractivity contribution in [1.29, 1.82) is 0 Å². The molecule has 114 valence electrons. The number of aromatic nitrogens is 2. The Morgan fingerprint density at radius 1 is 1.27 bits per heavy atom. The van der Waals surface area contributed by atoms with Crippen LogP contribution in [0.15, 0.2) is 24.4 Å². The van der Waals surface area contributed by atoms with E-state index in [9.17, 15) is 4.79 Å². The molecule has 1 aromatic carbocycles. The maximum atomic E-state index is 12.2. The fraction of sp³-hybridized carbons (Fsp3) is 0.294. The van der Waals surface area contributed by atoms with E-state index in [1.165, 1.54) is 0 Å². The highest BCUT2D eigenvalue weighted by Crippen LogP contribution is 2.35. The van der Waals surface area contributed by atoms with Crippen LogP contribution in [0.25, 0.3) is 11.6 Å². The Morgan fingerprint density at radius 2 is 2.05 bits per heavy atom. The molecule has 0 unspecified atom stereocenters. The smallest absolute Gasteiger partial charge is 0.256 e. The van der Waals surface area contributed by atoms with Gasteiger partial charge in [0.2, 0.25) is 0 Å². The molecule has 0 saturated heterocycles. The molecule has 0 radical (unpaired) electrons. The van der Waals surface area contributed by atoms with Crippen molar-refractivity contribution in [2.24, 2.45) is 0 Å². The van der Waals surface area contributed by atoms with Gasteiger partial charge in [0, 0.05) is 16.7 Å². The Balaban J connectivity index is 2.02. The zero-order valence-corrected chi connectivity index (χ0v) is 13.2. The van der Waals surface area contributed by atoms with E-state index in [0.717, 1.165) is 28.5 Å². The molecule has 2 heterocycles. The molecule has 5 nitrogen and oxygen atoms in total. The van der Waals surface area contributed by atoms with Crippen LogP contribution in [0.4, 0.5) is 5.69 Å². The third kappa shape index (κ3) is 2.50. The molecule has 0 atom stereocenters. The minimum atomic E-state index is -0.116. The van der Waals surface area contributed by atoms with Crippen molar-refractivity contribution in [1.82, 2.24) is 9.97 Å². The number of H-pyrrole nitrogens is 1. The molecule has 3 rings (SSSR count). The highest BCUT2D eigenvalue weighted by molar-refractivity contribution is 6.34. The summed E-state index contributed by atoms with van der Waals surface area (Å²) in [7, 11) is 1.61. The lowest BCUT2D eigenvalue weighted by molar-refractivity contribution is -0.110. The van der Waals surface area contributed by atoms with Crippen LogP contribution in [-0.4, -0.2) is 23.0 Å². The SMILES string of the molecule is COc1ccc2c(c1)C(=Cc1cnc(C(C)(C)C)[nH]1)C(=O)N2.